The molecular weight excluding hydrogens is 246 g/mol. The van der Waals surface area contributed by atoms with Gasteiger partial charge in [-0.2, -0.15) is 0 Å². The summed E-state index contributed by atoms with van der Waals surface area (Å²) in [5, 5.41) is 10.1. The Morgan fingerprint density at radius 3 is 2.11 bits per heavy atom. The van der Waals surface area contributed by atoms with Crippen molar-refractivity contribution in [2.24, 2.45) is 0 Å². The number of hydrogen-bond acceptors (Lipinski definition) is 1. The zero-order valence-electron chi connectivity index (χ0n) is 10.7. The third-order valence-electron chi connectivity index (χ3n) is 3.38. The van der Waals surface area contributed by atoms with E-state index in [0.29, 0.717) is 0 Å². The number of benzene rings is 2. The summed E-state index contributed by atoms with van der Waals surface area (Å²) >= 11 is 0. The van der Waals surface area contributed by atoms with Crippen molar-refractivity contribution < 1.29 is 13.9 Å². The Morgan fingerprint density at radius 2 is 1.53 bits per heavy atom. The lowest BCUT2D eigenvalue weighted by Gasteiger charge is -2.19. The molecule has 0 bridgehead atoms. The fourth-order valence-corrected chi connectivity index (χ4v) is 2.09. The van der Waals surface area contributed by atoms with E-state index in [2.05, 4.69) is 0 Å². The molecule has 0 saturated heterocycles. The zero-order chi connectivity index (χ0) is 13.8. The van der Waals surface area contributed by atoms with Gasteiger partial charge in [0.1, 0.15) is 11.6 Å². The topological polar surface area (TPSA) is 20.2 Å². The lowest BCUT2D eigenvalue weighted by molar-refractivity contribution is 0.147. The standard InChI is InChI=1S/C16H16F2O/c1-11(12-6-3-2-4-7-12)16(19)10-13-14(17)8-5-9-15(13)18/h2-9,11,16,19H,10H2,1H3. The monoisotopic (exact) mass is 262 g/mol. The second-order valence-electron chi connectivity index (χ2n) is 4.67. The van der Waals surface area contributed by atoms with Crippen LogP contribution in [0.1, 0.15) is 24.0 Å². The predicted molar refractivity (Wildman–Crippen MR) is 70.9 cm³/mol. The molecule has 2 aromatic rings. The molecule has 0 spiro atoms. The molecule has 1 N–H and O–H groups in total. The average Bonchev–Trinajstić information content (AvgIpc) is 2.43. The van der Waals surface area contributed by atoms with Gasteiger partial charge in [0.2, 0.25) is 0 Å². The molecule has 0 aliphatic carbocycles. The maximum atomic E-state index is 13.5. The quantitative estimate of drug-likeness (QED) is 0.891. The summed E-state index contributed by atoms with van der Waals surface area (Å²) in [6.45, 7) is 1.85. The molecule has 1 nitrogen and oxygen atoms in total. The lowest BCUT2D eigenvalue weighted by Crippen LogP contribution is -2.20. The average molecular weight is 262 g/mol. The summed E-state index contributed by atoms with van der Waals surface area (Å²) in [7, 11) is 0. The van der Waals surface area contributed by atoms with Gasteiger partial charge >= 0.3 is 0 Å². The van der Waals surface area contributed by atoms with E-state index in [0.717, 1.165) is 5.56 Å². The molecule has 0 radical (unpaired) electrons. The highest BCUT2D eigenvalue weighted by atomic mass is 19.1. The second kappa shape index (κ2) is 5.93. The molecule has 2 rings (SSSR count). The van der Waals surface area contributed by atoms with Gasteiger partial charge in [-0.3, -0.25) is 0 Å². The molecular formula is C16H16F2O. The highest BCUT2D eigenvalue weighted by Crippen LogP contribution is 2.23. The predicted octanol–water partition coefficient (Wildman–Crippen LogP) is 3.67. The summed E-state index contributed by atoms with van der Waals surface area (Å²) in [4.78, 5) is 0. The van der Waals surface area contributed by atoms with Crippen molar-refractivity contribution in [2.45, 2.75) is 25.4 Å². The van der Waals surface area contributed by atoms with Crippen molar-refractivity contribution in [3.05, 3.63) is 71.3 Å². The Kier molecular flexibility index (Phi) is 4.27. The lowest BCUT2D eigenvalue weighted by atomic mass is 9.91. The maximum Gasteiger partial charge on any atom is 0.129 e. The van der Waals surface area contributed by atoms with E-state index < -0.39 is 17.7 Å². The van der Waals surface area contributed by atoms with Gasteiger partial charge < -0.3 is 5.11 Å². The van der Waals surface area contributed by atoms with Crippen LogP contribution in [0.4, 0.5) is 8.78 Å². The highest BCUT2D eigenvalue weighted by molar-refractivity contribution is 5.24. The summed E-state index contributed by atoms with van der Waals surface area (Å²) < 4.78 is 27.1. The van der Waals surface area contributed by atoms with E-state index in [1.165, 1.54) is 18.2 Å². The van der Waals surface area contributed by atoms with Crippen LogP contribution in [-0.4, -0.2) is 11.2 Å². The summed E-state index contributed by atoms with van der Waals surface area (Å²) in [6, 6.07) is 13.2. The second-order valence-corrected chi connectivity index (χ2v) is 4.67. The number of halogens is 2. The van der Waals surface area contributed by atoms with Crippen LogP contribution < -0.4 is 0 Å². The van der Waals surface area contributed by atoms with Gasteiger partial charge in [0.05, 0.1) is 6.10 Å². The van der Waals surface area contributed by atoms with Crippen LogP contribution in [0.25, 0.3) is 0 Å². The van der Waals surface area contributed by atoms with Gasteiger partial charge in [0.25, 0.3) is 0 Å². The van der Waals surface area contributed by atoms with Crippen molar-refractivity contribution in [2.75, 3.05) is 0 Å². The molecule has 0 saturated carbocycles. The number of aliphatic hydroxyl groups excluding tert-OH is 1. The van der Waals surface area contributed by atoms with E-state index in [4.69, 9.17) is 0 Å². The van der Waals surface area contributed by atoms with Gasteiger partial charge in [-0.1, -0.05) is 43.3 Å². The van der Waals surface area contributed by atoms with Crippen molar-refractivity contribution >= 4 is 0 Å². The largest absolute Gasteiger partial charge is 0.392 e. The van der Waals surface area contributed by atoms with Crippen LogP contribution >= 0.6 is 0 Å². The maximum absolute atomic E-state index is 13.5. The minimum atomic E-state index is -0.825. The minimum Gasteiger partial charge on any atom is -0.392 e. The van der Waals surface area contributed by atoms with E-state index >= 15 is 0 Å². The van der Waals surface area contributed by atoms with Crippen LogP contribution in [-0.2, 0) is 6.42 Å². The minimum absolute atomic E-state index is 0.0332. The first-order valence-corrected chi connectivity index (χ1v) is 6.25. The molecule has 0 aliphatic heterocycles. The molecule has 3 heteroatoms. The van der Waals surface area contributed by atoms with Crippen LogP contribution in [0.15, 0.2) is 48.5 Å². The molecule has 100 valence electrons. The number of aliphatic hydroxyl groups is 1. The highest BCUT2D eigenvalue weighted by Gasteiger charge is 2.20. The van der Waals surface area contributed by atoms with Gasteiger partial charge in [0.15, 0.2) is 0 Å². The molecule has 0 amide bonds. The molecule has 2 aromatic carbocycles. The Bertz CT molecular complexity index is 519. The Labute approximate surface area is 111 Å². The van der Waals surface area contributed by atoms with E-state index in [1.54, 1.807) is 0 Å². The number of rotatable bonds is 4. The summed E-state index contributed by atoms with van der Waals surface area (Å²) in [5.74, 6) is -1.40. The Morgan fingerprint density at radius 1 is 0.947 bits per heavy atom. The van der Waals surface area contributed by atoms with Crippen LogP contribution in [0.3, 0.4) is 0 Å². The molecule has 2 unspecified atom stereocenters. The van der Waals surface area contributed by atoms with Crippen molar-refractivity contribution in [1.82, 2.24) is 0 Å². The van der Waals surface area contributed by atoms with Gasteiger partial charge in [-0.05, 0) is 17.7 Å². The molecule has 2 atom stereocenters. The van der Waals surface area contributed by atoms with Crippen LogP contribution in [0.2, 0.25) is 0 Å². The van der Waals surface area contributed by atoms with Crippen molar-refractivity contribution in [1.29, 1.82) is 0 Å². The molecule has 0 aromatic heterocycles. The molecule has 0 heterocycles. The first kappa shape index (κ1) is 13.7. The first-order valence-electron chi connectivity index (χ1n) is 6.25. The molecule has 0 aliphatic rings. The molecule has 19 heavy (non-hydrogen) atoms. The third kappa shape index (κ3) is 3.18. The van der Waals surface area contributed by atoms with Crippen LogP contribution in [0, 0.1) is 11.6 Å². The SMILES string of the molecule is CC(c1ccccc1)C(O)Cc1c(F)cccc1F. The van der Waals surface area contributed by atoms with Gasteiger partial charge in [-0.25, -0.2) is 8.78 Å². The fraction of sp³-hybridized carbons (Fsp3) is 0.250. The zero-order valence-corrected chi connectivity index (χ0v) is 10.7. The Balaban J connectivity index is 2.15. The summed E-state index contributed by atoms with van der Waals surface area (Å²) in [5.41, 5.74) is 0.893. The summed E-state index contributed by atoms with van der Waals surface area (Å²) in [6.07, 6.45) is -0.858. The molecule has 0 fully saturated rings. The smallest absolute Gasteiger partial charge is 0.129 e. The van der Waals surface area contributed by atoms with Gasteiger partial charge in [0, 0.05) is 17.9 Å². The third-order valence-corrected chi connectivity index (χ3v) is 3.38. The van der Waals surface area contributed by atoms with E-state index in [-0.39, 0.29) is 17.9 Å². The number of hydrogen-bond donors (Lipinski definition) is 1. The van der Waals surface area contributed by atoms with Gasteiger partial charge in [-0.15, -0.1) is 0 Å². The van der Waals surface area contributed by atoms with E-state index in [1.807, 2.05) is 37.3 Å². The Hall–Kier alpha value is -1.74. The normalized spacial score (nSPS) is 14.1. The van der Waals surface area contributed by atoms with Crippen molar-refractivity contribution in [3.8, 4) is 0 Å². The van der Waals surface area contributed by atoms with E-state index in [9.17, 15) is 13.9 Å². The fourth-order valence-electron chi connectivity index (χ4n) is 2.09. The van der Waals surface area contributed by atoms with Crippen LogP contribution in [0.5, 0.6) is 0 Å². The first-order chi connectivity index (χ1) is 9.09. The van der Waals surface area contributed by atoms with Crippen molar-refractivity contribution in [3.63, 3.8) is 0 Å².